The zero-order valence-electron chi connectivity index (χ0n) is 21.1. The van der Waals surface area contributed by atoms with E-state index >= 15 is 0 Å². The zero-order chi connectivity index (χ0) is 28.9. The molecule has 1 fully saturated rings. The number of nitrogens with zero attached hydrogens (tertiary/aromatic N) is 3. The van der Waals surface area contributed by atoms with E-state index in [1.165, 1.54) is 67.2 Å². The van der Waals surface area contributed by atoms with Gasteiger partial charge < -0.3 is 14.0 Å². The van der Waals surface area contributed by atoms with Gasteiger partial charge in [-0.2, -0.15) is 13.7 Å². The second-order valence-corrected chi connectivity index (χ2v) is 11.4. The summed E-state index contributed by atoms with van der Waals surface area (Å²) in [6.07, 6.45) is -0.299. The molecule has 0 radical (unpaired) electrons. The van der Waals surface area contributed by atoms with Gasteiger partial charge in [0.1, 0.15) is 6.61 Å². The fourth-order valence-corrected chi connectivity index (χ4v) is 5.58. The molecule has 206 valence electrons. The highest BCUT2D eigenvalue weighted by atomic mass is 32.2. The normalized spacial score (nSPS) is 18.3. The van der Waals surface area contributed by atoms with E-state index < -0.39 is 55.8 Å². The Morgan fingerprint density at radius 2 is 1.95 bits per heavy atom. The van der Waals surface area contributed by atoms with Gasteiger partial charge >= 0.3 is 16.1 Å². The van der Waals surface area contributed by atoms with E-state index in [1.807, 2.05) is 13.0 Å². The Labute approximate surface area is 229 Å². The molecule has 3 atom stereocenters. The van der Waals surface area contributed by atoms with Crippen molar-refractivity contribution in [2.24, 2.45) is 5.92 Å². The summed E-state index contributed by atoms with van der Waals surface area (Å²) in [6, 6.07) is 12.8. The average Bonchev–Trinajstić information content (AvgIpc) is 2.88. The number of β-lactam (4-membered cyclic amide) rings is 1. The van der Waals surface area contributed by atoms with Crippen LogP contribution in [0.3, 0.4) is 0 Å². The molecule has 1 N–H and O–H groups in total. The van der Waals surface area contributed by atoms with Gasteiger partial charge in [-0.25, -0.2) is 4.79 Å². The molecule has 2 aromatic rings. The molecule has 0 saturated carbocycles. The van der Waals surface area contributed by atoms with Crippen LogP contribution < -0.4 is 0 Å². The standard InChI is InChI=1S/C25H25N3O9S2/c1-4-38-24-20(15(2)29)23(30)27(24)21(25(31)36-14-16-8-10-19(11-9-16)28(32)33)22(37-39(3,34)35)18-7-5-6-17(12-18)13-26/h5-12,15,20,24,29H,4,14H2,1-3H3/t15-,20+,24-/m1/s1. The van der Waals surface area contributed by atoms with E-state index in [9.17, 15) is 38.5 Å². The lowest BCUT2D eigenvalue weighted by molar-refractivity contribution is -0.384. The summed E-state index contributed by atoms with van der Waals surface area (Å²) in [6.45, 7) is 2.88. The predicted octanol–water partition coefficient (Wildman–Crippen LogP) is 2.77. The van der Waals surface area contributed by atoms with Crippen molar-refractivity contribution in [3.05, 3.63) is 81.0 Å². The molecule has 1 amide bonds. The van der Waals surface area contributed by atoms with E-state index in [1.54, 1.807) is 0 Å². The van der Waals surface area contributed by atoms with Gasteiger partial charge in [-0.15, -0.1) is 11.8 Å². The SMILES string of the molecule is CCS[C@@H]1[C@@H]([C@@H](C)O)C(=O)N1C(C(=O)OCc1ccc([N+](=O)[O-])cc1)=C(OS(C)(=O)=O)c1cccc(C#N)c1. The molecule has 39 heavy (non-hydrogen) atoms. The number of aliphatic hydroxyl groups is 1. The number of ether oxygens (including phenoxy) is 1. The van der Waals surface area contributed by atoms with Crippen LogP contribution in [0.5, 0.6) is 0 Å². The Hall–Kier alpha value is -3.93. The van der Waals surface area contributed by atoms with Gasteiger partial charge in [0.05, 0.1) is 40.2 Å². The van der Waals surface area contributed by atoms with Gasteiger partial charge in [0, 0.05) is 17.7 Å². The number of nitriles is 1. The molecule has 3 rings (SSSR count). The summed E-state index contributed by atoms with van der Waals surface area (Å²) in [5.41, 5.74) is -0.138. The molecule has 1 aliphatic heterocycles. The Balaban J connectivity index is 2.15. The van der Waals surface area contributed by atoms with Gasteiger partial charge in [-0.1, -0.05) is 19.1 Å². The summed E-state index contributed by atoms with van der Waals surface area (Å²) >= 11 is 1.25. The quantitative estimate of drug-likeness (QED) is 0.0792. The zero-order valence-corrected chi connectivity index (χ0v) is 22.8. The molecule has 0 unspecified atom stereocenters. The third kappa shape index (κ3) is 6.94. The van der Waals surface area contributed by atoms with E-state index in [4.69, 9.17) is 8.92 Å². The number of hydrogen-bond donors (Lipinski definition) is 1. The maximum absolute atomic E-state index is 13.6. The highest BCUT2D eigenvalue weighted by Crippen LogP contribution is 2.42. The third-order valence-electron chi connectivity index (χ3n) is 5.60. The van der Waals surface area contributed by atoms with Crippen LogP contribution in [0, 0.1) is 27.4 Å². The highest BCUT2D eigenvalue weighted by Gasteiger charge is 2.54. The Bertz CT molecular complexity index is 1450. The highest BCUT2D eigenvalue weighted by molar-refractivity contribution is 8.00. The number of thioether (sulfide) groups is 1. The molecular formula is C25H25N3O9S2. The average molecular weight is 576 g/mol. The van der Waals surface area contributed by atoms with Crippen LogP contribution in [0.1, 0.15) is 30.5 Å². The number of likely N-dealkylation sites (tertiary alicyclic amines) is 1. The summed E-state index contributed by atoms with van der Waals surface area (Å²) < 4.78 is 35.2. The smallest absolute Gasteiger partial charge is 0.359 e. The first-order valence-electron chi connectivity index (χ1n) is 11.5. The molecule has 12 nitrogen and oxygen atoms in total. The van der Waals surface area contributed by atoms with Gasteiger partial charge in [0.2, 0.25) is 5.91 Å². The van der Waals surface area contributed by atoms with Crippen molar-refractivity contribution in [3.8, 4) is 6.07 Å². The van der Waals surface area contributed by atoms with Crippen molar-refractivity contribution in [1.29, 1.82) is 5.26 Å². The maximum Gasteiger partial charge on any atom is 0.359 e. The van der Waals surface area contributed by atoms with Gasteiger partial charge in [-0.05, 0) is 42.5 Å². The van der Waals surface area contributed by atoms with Crippen molar-refractivity contribution in [1.82, 2.24) is 4.90 Å². The number of nitro groups is 1. The fourth-order valence-electron chi connectivity index (χ4n) is 3.85. The van der Waals surface area contributed by atoms with Crippen LogP contribution >= 0.6 is 11.8 Å². The molecule has 1 heterocycles. The fraction of sp³-hybridized carbons (Fsp3) is 0.320. The molecule has 2 aromatic carbocycles. The van der Waals surface area contributed by atoms with Crippen LogP contribution in [0.25, 0.3) is 5.76 Å². The number of esters is 1. The third-order valence-corrected chi connectivity index (χ3v) is 7.24. The molecule has 1 aliphatic rings. The Morgan fingerprint density at radius 3 is 2.49 bits per heavy atom. The number of rotatable bonds is 11. The predicted molar refractivity (Wildman–Crippen MR) is 141 cm³/mol. The molecule has 14 heteroatoms. The largest absolute Gasteiger partial charge is 0.456 e. The number of carbonyl (C=O) groups excluding carboxylic acids is 2. The minimum atomic E-state index is -4.25. The number of benzene rings is 2. The first kappa shape index (κ1) is 29.6. The monoisotopic (exact) mass is 575 g/mol. The lowest BCUT2D eigenvalue weighted by Gasteiger charge is -2.48. The van der Waals surface area contributed by atoms with Crippen molar-refractivity contribution in [2.75, 3.05) is 12.0 Å². The van der Waals surface area contributed by atoms with Crippen LogP contribution in [-0.4, -0.2) is 58.7 Å². The second kappa shape index (κ2) is 12.3. The lowest BCUT2D eigenvalue weighted by atomic mass is 9.91. The van der Waals surface area contributed by atoms with Crippen molar-refractivity contribution >= 4 is 45.2 Å². The second-order valence-electron chi connectivity index (χ2n) is 8.48. The van der Waals surface area contributed by atoms with Gasteiger partial charge in [-0.3, -0.25) is 19.8 Å². The van der Waals surface area contributed by atoms with Crippen LogP contribution in [0.4, 0.5) is 5.69 Å². The molecule has 1 saturated heterocycles. The summed E-state index contributed by atoms with van der Waals surface area (Å²) in [4.78, 5) is 38.1. The van der Waals surface area contributed by atoms with Crippen LogP contribution in [0.15, 0.2) is 54.2 Å². The topological polar surface area (TPSA) is 177 Å². The van der Waals surface area contributed by atoms with Crippen molar-refractivity contribution in [3.63, 3.8) is 0 Å². The minimum Gasteiger partial charge on any atom is -0.456 e. The Morgan fingerprint density at radius 1 is 1.28 bits per heavy atom. The molecule has 0 bridgehead atoms. The Kier molecular flexibility index (Phi) is 9.33. The number of aliphatic hydroxyl groups excluding tert-OH is 1. The number of hydrogen-bond acceptors (Lipinski definition) is 11. The molecule has 0 aromatic heterocycles. The number of amides is 1. The van der Waals surface area contributed by atoms with Crippen molar-refractivity contribution in [2.45, 2.75) is 31.9 Å². The van der Waals surface area contributed by atoms with E-state index in [-0.39, 0.29) is 23.4 Å². The first-order chi connectivity index (χ1) is 18.4. The number of carbonyl (C=O) groups is 2. The molecular weight excluding hydrogens is 550 g/mol. The number of nitro benzene ring substituents is 1. The maximum atomic E-state index is 13.6. The van der Waals surface area contributed by atoms with E-state index in [2.05, 4.69) is 0 Å². The van der Waals surface area contributed by atoms with Crippen molar-refractivity contribution < 1.29 is 37.0 Å². The summed E-state index contributed by atoms with van der Waals surface area (Å²) in [7, 11) is -4.25. The summed E-state index contributed by atoms with van der Waals surface area (Å²) in [5.74, 6) is -2.67. The van der Waals surface area contributed by atoms with Gasteiger partial charge in [0.15, 0.2) is 11.5 Å². The van der Waals surface area contributed by atoms with Crippen LogP contribution in [-0.2, 0) is 35.2 Å². The van der Waals surface area contributed by atoms with E-state index in [0.717, 1.165) is 11.2 Å². The summed E-state index contributed by atoms with van der Waals surface area (Å²) in [5, 5.41) is 29.7. The first-order valence-corrected chi connectivity index (χ1v) is 14.4. The number of non-ortho nitro benzene ring substituents is 1. The molecule has 0 aliphatic carbocycles. The van der Waals surface area contributed by atoms with Crippen LogP contribution in [0.2, 0.25) is 0 Å². The lowest BCUT2D eigenvalue weighted by Crippen LogP contribution is -2.63. The van der Waals surface area contributed by atoms with Gasteiger partial charge in [0.25, 0.3) is 5.69 Å². The van der Waals surface area contributed by atoms with E-state index in [0.29, 0.717) is 11.3 Å². The molecule has 0 spiro atoms. The minimum absolute atomic E-state index is 0.0234.